The zero-order chi connectivity index (χ0) is 30.7. The van der Waals surface area contributed by atoms with Crippen LogP contribution in [0.5, 0.6) is 0 Å². The van der Waals surface area contributed by atoms with Crippen LogP contribution in [0, 0.1) is 28.9 Å². The molecule has 3 aliphatic carbocycles. The summed E-state index contributed by atoms with van der Waals surface area (Å²) in [5, 5.41) is 15.8. The minimum absolute atomic E-state index is 0.0527. The highest BCUT2D eigenvalue weighted by molar-refractivity contribution is 6.31. The van der Waals surface area contributed by atoms with E-state index < -0.39 is 28.1 Å². The number of amides is 3. The van der Waals surface area contributed by atoms with Gasteiger partial charge in [0.05, 0.1) is 34.3 Å². The summed E-state index contributed by atoms with van der Waals surface area (Å²) in [7, 11) is 0. The molecule has 1 fully saturated rings. The number of benzene rings is 4. The van der Waals surface area contributed by atoms with Crippen molar-refractivity contribution in [2.75, 3.05) is 4.90 Å². The summed E-state index contributed by atoms with van der Waals surface area (Å²) < 4.78 is 0. The van der Waals surface area contributed by atoms with Crippen LogP contribution in [0.15, 0.2) is 96.1 Å². The molecule has 0 aromatic heterocycles. The molecule has 2 bridgehead atoms. The second-order valence-electron chi connectivity index (χ2n) is 11.4. The molecule has 9 nitrogen and oxygen atoms in total. The van der Waals surface area contributed by atoms with Crippen LogP contribution in [-0.2, 0) is 26.2 Å². The van der Waals surface area contributed by atoms with Crippen LogP contribution in [0.3, 0.4) is 0 Å². The monoisotopic (exact) mass is 604 g/mol. The molecule has 4 aromatic rings. The standard InChI is InChI=1S/C34H25ClN4O5/c1-19-10-13-21(35)17-27(19)38-32(41)30-29-23-6-2-4-8-25(23)34(31(30)33(38)42,26-9-5-3-7-24(26)29)18-36-37-28(40)16-20-11-14-22(15-12-20)39(43)44/h2-15,17-18,29-31H,16H2,1H3,(H,37,40)/b36-18+. The van der Waals surface area contributed by atoms with Crippen molar-refractivity contribution in [1.82, 2.24) is 5.43 Å². The second-order valence-corrected chi connectivity index (χ2v) is 11.8. The van der Waals surface area contributed by atoms with Gasteiger partial charge in [0.25, 0.3) is 5.69 Å². The van der Waals surface area contributed by atoms with Gasteiger partial charge in [-0.3, -0.25) is 24.5 Å². The van der Waals surface area contributed by atoms with Crippen LogP contribution >= 0.6 is 11.6 Å². The number of nitrogens with one attached hydrogen (secondary N) is 1. The summed E-state index contributed by atoms with van der Waals surface area (Å²) in [6, 6.07) is 26.5. The maximum atomic E-state index is 14.5. The van der Waals surface area contributed by atoms with Crippen LogP contribution < -0.4 is 10.3 Å². The third-order valence-corrected chi connectivity index (χ3v) is 9.30. The highest BCUT2D eigenvalue weighted by Crippen LogP contribution is 2.63. The fourth-order valence-electron chi connectivity index (χ4n) is 7.28. The van der Waals surface area contributed by atoms with Crippen molar-refractivity contribution < 1.29 is 19.3 Å². The lowest BCUT2D eigenvalue weighted by Crippen LogP contribution is -2.54. The molecule has 4 aliphatic rings. The minimum atomic E-state index is -1.14. The topological polar surface area (TPSA) is 122 Å². The molecule has 44 heavy (non-hydrogen) atoms. The Morgan fingerprint density at radius 3 is 2.25 bits per heavy atom. The van der Waals surface area contributed by atoms with Gasteiger partial charge in [0.15, 0.2) is 0 Å². The normalized spacial score (nSPS) is 23.0. The first-order chi connectivity index (χ1) is 21.2. The van der Waals surface area contributed by atoms with Crippen LogP contribution in [-0.4, -0.2) is 28.9 Å². The van der Waals surface area contributed by atoms with Crippen LogP contribution in [0.4, 0.5) is 11.4 Å². The summed E-state index contributed by atoms with van der Waals surface area (Å²) in [5.41, 5.74) is 6.80. The van der Waals surface area contributed by atoms with Crippen LogP contribution in [0.2, 0.25) is 5.02 Å². The lowest BCUT2D eigenvalue weighted by molar-refractivity contribution is -0.384. The highest BCUT2D eigenvalue weighted by Gasteiger charge is 2.68. The Morgan fingerprint density at radius 2 is 1.61 bits per heavy atom. The largest absolute Gasteiger partial charge is 0.274 e. The summed E-state index contributed by atoms with van der Waals surface area (Å²) >= 11 is 6.32. The van der Waals surface area contributed by atoms with Gasteiger partial charge in [-0.05, 0) is 52.4 Å². The van der Waals surface area contributed by atoms with Crippen molar-refractivity contribution in [1.29, 1.82) is 0 Å². The number of hydrogen-bond donors (Lipinski definition) is 1. The van der Waals surface area contributed by atoms with E-state index in [9.17, 15) is 24.5 Å². The van der Waals surface area contributed by atoms with Crippen molar-refractivity contribution in [3.8, 4) is 0 Å². The lowest BCUT2D eigenvalue weighted by Gasteiger charge is -2.52. The third-order valence-electron chi connectivity index (χ3n) is 9.07. The Morgan fingerprint density at radius 1 is 0.977 bits per heavy atom. The molecule has 1 N–H and O–H groups in total. The first kappa shape index (κ1) is 27.7. The van der Waals surface area contributed by atoms with E-state index in [-0.39, 0.29) is 29.8 Å². The van der Waals surface area contributed by atoms with Gasteiger partial charge >= 0.3 is 0 Å². The van der Waals surface area contributed by atoms with Crippen molar-refractivity contribution in [2.45, 2.75) is 24.7 Å². The molecule has 3 amide bonds. The van der Waals surface area contributed by atoms with Crippen molar-refractivity contribution in [2.24, 2.45) is 16.9 Å². The maximum absolute atomic E-state index is 14.5. The summed E-state index contributed by atoms with van der Waals surface area (Å²) in [6.07, 6.45) is 1.55. The van der Waals surface area contributed by atoms with E-state index in [1.165, 1.54) is 29.2 Å². The van der Waals surface area contributed by atoms with E-state index in [0.29, 0.717) is 16.3 Å². The number of carbonyl (C=O) groups is 3. The number of nitro benzene ring substituents is 1. The molecular formula is C34H25ClN4O5. The SMILES string of the molecule is Cc1ccc(Cl)cc1N1C(=O)C2C3c4ccccc4C(/C=N/NC(=O)Cc4ccc([N+](=O)[O-])cc4)(c4ccccc43)C2C1=O. The smallest absolute Gasteiger partial charge is 0.269 e. The Kier molecular flexibility index (Phi) is 6.44. The number of carbonyl (C=O) groups excluding carboxylic acids is 3. The minimum Gasteiger partial charge on any atom is -0.274 e. The molecule has 4 aromatic carbocycles. The molecule has 10 heteroatoms. The van der Waals surface area contributed by atoms with E-state index in [4.69, 9.17) is 11.6 Å². The molecule has 1 aliphatic heterocycles. The van der Waals surface area contributed by atoms with Crippen molar-refractivity contribution in [3.63, 3.8) is 0 Å². The Balaban J connectivity index is 1.32. The van der Waals surface area contributed by atoms with E-state index in [1.54, 1.807) is 24.4 Å². The van der Waals surface area contributed by atoms with E-state index >= 15 is 0 Å². The van der Waals surface area contributed by atoms with Gasteiger partial charge in [0.2, 0.25) is 17.7 Å². The zero-order valence-corrected chi connectivity index (χ0v) is 24.2. The number of imide groups is 1. The molecule has 0 radical (unpaired) electrons. The first-order valence-electron chi connectivity index (χ1n) is 14.1. The maximum Gasteiger partial charge on any atom is 0.269 e. The van der Waals surface area contributed by atoms with Gasteiger partial charge in [0.1, 0.15) is 0 Å². The van der Waals surface area contributed by atoms with Crippen LogP contribution in [0.1, 0.15) is 39.3 Å². The van der Waals surface area contributed by atoms with E-state index in [1.807, 2.05) is 55.5 Å². The number of non-ortho nitro benzene ring substituents is 1. The summed E-state index contributed by atoms with van der Waals surface area (Å²) in [5.74, 6) is -2.90. The van der Waals surface area contributed by atoms with Crippen molar-refractivity contribution >= 4 is 46.9 Å². The van der Waals surface area contributed by atoms with E-state index in [0.717, 1.165) is 27.8 Å². The summed E-state index contributed by atoms with van der Waals surface area (Å²) in [6.45, 7) is 1.84. The molecule has 0 spiro atoms. The first-order valence-corrected chi connectivity index (χ1v) is 14.5. The predicted octanol–water partition coefficient (Wildman–Crippen LogP) is 5.45. The average molecular weight is 605 g/mol. The number of nitro groups is 1. The fourth-order valence-corrected chi connectivity index (χ4v) is 7.44. The molecule has 1 saturated heterocycles. The highest BCUT2D eigenvalue weighted by atomic mass is 35.5. The quantitative estimate of drug-likeness (QED) is 0.136. The number of aryl methyl sites for hydroxylation is 1. The van der Waals surface area contributed by atoms with Gasteiger partial charge in [-0.1, -0.05) is 78.3 Å². The number of halogens is 1. The van der Waals surface area contributed by atoms with Crippen molar-refractivity contribution in [3.05, 3.63) is 140 Å². The average Bonchev–Trinajstić information content (AvgIpc) is 3.29. The molecule has 2 atom stereocenters. The van der Waals surface area contributed by atoms with Gasteiger partial charge in [-0.2, -0.15) is 5.10 Å². The lowest BCUT2D eigenvalue weighted by atomic mass is 9.47. The molecule has 0 saturated carbocycles. The zero-order valence-electron chi connectivity index (χ0n) is 23.4. The molecular weight excluding hydrogens is 580 g/mol. The summed E-state index contributed by atoms with van der Waals surface area (Å²) in [4.78, 5) is 53.5. The Hall–Kier alpha value is -5.15. The Bertz CT molecular complexity index is 1870. The molecule has 8 rings (SSSR count). The van der Waals surface area contributed by atoms with Gasteiger partial charge in [-0.15, -0.1) is 0 Å². The fraction of sp³-hybridized carbons (Fsp3) is 0.176. The third kappa shape index (κ3) is 4.00. The molecule has 2 unspecified atom stereocenters. The van der Waals surface area contributed by atoms with Gasteiger partial charge in [-0.25, -0.2) is 10.3 Å². The Labute approximate surface area is 257 Å². The molecule has 1 heterocycles. The number of hydrazone groups is 1. The van der Waals surface area contributed by atoms with Gasteiger partial charge < -0.3 is 0 Å². The van der Waals surface area contributed by atoms with E-state index in [2.05, 4.69) is 10.5 Å². The number of anilines is 1. The number of hydrogen-bond acceptors (Lipinski definition) is 6. The number of nitrogens with zero attached hydrogens (tertiary/aromatic N) is 3. The van der Waals surface area contributed by atoms with Crippen LogP contribution in [0.25, 0.3) is 0 Å². The second kappa shape index (κ2) is 10.2. The molecule has 218 valence electrons. The number of rotatable bonds is 6. The predicted molar refractivity (Wildman–Crippen MR) is 165 cm³/mol. The van der Waals surface area contributed by atoms with Gasteiger partial charge in [0, 0.05) is 29.3 Å².